The Balaban J connectivity index is 2.20. The van der Waals surface area contributed by atoms with E-state index in [9.17, 15) is 9.18 Å². The Morgan fingerprint density at radius 3 is 2.94 bits per heavy atom. The highest BCUT2D eigenvalue weighted by molar-refractivity contribution is 5.77. The number of carbonyl (C=O) groups is 1. The number of likely N-dealkylation sites (N-methyl/N-ethyl adjacent to an activating group) is 1. The molecule has 1 unspecified atom stereocenters. The number of hydrogen-bond donors (Lipinski definition) is 1. The molecule has 1 aliphatic heterocycles. The molecule has 1 N–H and O–H groups in total. The van der Waals surface area contributed by atoms with Crippen molar-refractivity contribution in [3.05, 3.63) is 29.6 Å². The minimum atomic E-state index is -0.401. The SMILES string of the molecule is COc1ccc(C2CC(=O)N(C)CCN2)cc1F. The topological polar surface area (TPSA) is 41.6 Å². The normalized spacial score (nSPS) is 20.7. The number of carbonyl (C=O) groups excluding carboxylic acids is 1. The van der Waals surface area contributed by atoms with E-state index in [0.29, 0.717) is 19.5 Å². The second-order valence-corrected chi connectivity index (χ2v) is 4.42. The van der Waals surface area contributed by atoms with Gasteiger partial charge in [-0.25, -0.2) is 4.39 Å². The molecule has 2 rings (SSSR count). The Kier molecular flexibility index (Phi) is 3.81. The fourth-order valence-electron chi connectivity index (χ4n) is 2.07. The molecule has 1 fully saturated rings. The summed E-state index contributed by atoms with van der Waals surface area (Å²) >= 11 is 0. The summed E-state index contributed by atoms with van der Waals surface area (Å²) in [6.07, 6.45) is 0.349. The van der Waals surface area contributed by atoms with Crippen molar-refractivity contribution >= 4 is 5.91 Å². The van der Waals surface area contributed by atoms with Crippen molar-refractivity contribution in [1.82, 2.24) is 10.2 Å². The molecule has 0 radical (unpaired) electrons. The molecule has 1 aromatic rings. The fourth-order valence-corrected chi connectivity index (χ4v) is 2.07. The van der Waals surface area contributed by atoms with E-state index in [2.05, 4.69) is 5.32 Å². The minimum Gasteiger partial charge on any atom is -0.494 e. The minimum absolute atomic E-state index is 0.0706. The smallest absolute Gasteiger partial charge is 0.224 e. The van der Waals surface area contributed by atoms with Crippen molar-refractivity contribution in [2.24, 2.45) is 0 Å². The molecule has 0 aliphatic carbocycles. The van der Waals surface area contributed by atoms with Crippen LogP contribution < -0.4 is 10.1 Å². The summed E-state index contributed by atoms with van der Waals surface area (Å²) in [5, 5.41) is 3.25. The highest BCUT2D eigenvalue weighted by atomic mass is 19.1. The van der Waals surface area contributed by atoms with Crippen molar-refractivity contribution in [3.63, 3.8) is 0 Å². The number of nitrogens with zero attached hydrogens (tertiary/aromatic N) is 1. The Hall–Kier alpha value is -1.62. The zero-order chi connectivity index (χ0) is 13.1. The molecule has 1 aliphatic rings. The maximum absolute atomic E-state index is 13.6. The van der Waals surface area contributed by atoms with Crippen molar-refractivity contribution in [1.29, 1.82) is 0 Å². The molecule has 98 valence electrons. The van der Waals surface area contributed by atoms with Crippen LogP contribution in [0.5, 0.6) is 5.75 Å². The molecule has 1 aromatic carbocycles. The molecule has 1 atom stereocenters. The zero-order valence-electron chi connectivity index (χ0n) is 10.6. The Morgan fingerprint density at radius 1 is 1.50 bits per heavy atom. The Bertz CT molecular complexity index is 451. The fraction of sp³-hybridized carbons (Fsp3) is 0.462. The van der Waals surface area contributed by atoms with Gasteiger partial charge >= 0.3 is 0 Å². The van der Waals surface area contributed by atoms with Crippen molar-refractivity contribution in [2.45, 2.75) is 12.5 Å². The highest BCUT2D eigenvalue weighted by Crippen LogP contribution is 2.24. The van der Waals surface area contributed by atoms with Gasteiger partial charge in [0.05, 0.1) is 7.11 Å². The number of nitrogens with one attached hydrogen (secondary N) is 1. The number of methoxy groups -OCH3 is 1. The number of benzene rings is 1. The number of rotatable bonds is 2. The van der Waals surface area contributed by atoms with Crippen molar-refractivity contribution in [2.75, 3.05) is 27.2 Å². The summed E-state index contributed by atoms with van der Waals surface area (Å²) in [6.45, 7) is 1.38. The average Bonchev–Trinajstić information content (AvgIpc) is 2.52. The monoisotopic (exact) mass is 252 g/mol. The molecular formula is C13H17FN2O2. The number of halogens is 1. The first-order valence-electron chi connectivity index (χ1n) is 5.92. The predicted octanol–water partition coefficient (Wildman–Crippen LogP) is 1.33. The summed E-state index contributed by atoms with van der Waals surface area (Å²) in [5.74, 6) is -0.112. The van der Waals surface area contributed by atoms with Crippen LogP contribution in [0.2, 0.25) is 0 Å². The molecule has 0 bridgehead atoms. The highest BCUT2D eigenvalue weighted by Gasteiger charge is 2.22. The molecule has 1 heterocycles. The first-order valence-corrected chi connectivity index (χ1v) is 5.92. The lowest BCUT2D eigenvalue weighted by Crippen LogP contribution is -2.27. The van der Waals surface area contributed by atoms with Gasteiger partial charge < -0.3 is 15.0 Å². The first-order chi connectivity index (χ1) is 8.61. The van der Waals surface area contributed by atoms with Crippen LogP contribution in [0, 0.1) is 5.82 Å². The van der Waals surface area contributed by atoms with Crippen molar-refractivity contribution < 1.29 is 13.9 Å². The van der Waals surface area contributed by atoms with E-state index in [1.165, 1.54) is 13.2 Å². The van der Waals surface area contributed by atoms with E-state index >= 15 is 0 Å². The Morgan fingerprint density at radius 2 is 2.28 bits per heavy atom. The van der Waals surface area contributed by atoms with Gasteiger partial charge in [0.15, 0.2) is 11.6 Å². The third kappa shape index (κ3) is 2.61. The summed E-state index contributed by atoms with van der Waals surface area (Å²) in [6, 6.07) is 4.67. The third-order valence-corrected chi connectivity index (χ3v) is 3.22. The lowest BCUT2D eigenvalue weighted by Gasteiger charge is -2.16. The van der Waals surface area contributed by atoms with Gasteiger partial charge in [0, 0.05) is 32.6 Å². The lowest BCUT2D eigenvalue weighted by molar-refractivity contribution is -0.129. The van der Waals surface area contributed by atoms with Crippen LogP contribution in [0.4, 0.5) is 4.39 Å². The molecule has 0 spiro atoms. The molecule has 1 amide bonds. The van der Waals surface area contributed by atoms with E-state index in [1.807, 2.05) is 0 Å². The van der Waals surface area contributed by atoms with Gasteiger partial charge in [-0.2, -0.15) is 0 Å². The van der Waals surface area contributed by atoms with E-state index in [1.54, 1.807) is 24.1 Å². The quantitative estimate of drug-likeness (QED) is 0.863. The van der Waals surface area contributed by atoms with Gasteiger partial charge in [-0.1, -0.05) is 6.07 Å². The molecular weight excluding hydrogens is 235 g/mol. The molecule has 5 heteroatoms. The molecule has 0 aromatic heterocycles. The number of hydrogen-bond acceptors (Lipinski definition) is 3. The predicted molar refractivity (Wildman–Crippen MR) is 65.9 cm³/mol. The van der Waals surface area contributed by atoms with E-state index in [0.717, 1.165) is 5.56 Å². The average molecular weight is 252 g/mol. The third-order valence-electron chi connectivity index (χ3n) is 3.22. The van der Waals surface area contributed by atoms with Gasteiger partial charge in [-0.3, -0.25) is 4.79 Å². The maximum atomic E-state index is 13.6. The first kappa shape index (κ1) is 12.8. The van der Waals surface area contributed by atoms with E-state index in [-0.39, 0.29) is 17.7 Å². The van der Waals surface area contributed by atoms with E-state index < -0.39 is 5.82 Å². The lowest BCUT2D eigenvalue weighted by atomic mass is 10.0. The molecule has 0 saturated carbocycles. The van der Waals surface area contributed by atoms with Gasteiger partial charge in [0.2, 0.25) is 5.91 Å². The standard InChI is InChI=1S/C13H17FN2O2/c1-16-6-5-15-11(8-13(16)17)9-3-4-12(18-2)10(14)7-9/h3-4,7,11,15H,5-6,8H2,1-2H3. The van der Waals surface area contributed by atoms with Crippen LogP contribution >= 0.6 is 0 Å². The molecule has 18 heavy (non-hydrogen) atoms. The van der Waals surface area contributed by atoms with Gasteiger partial charge in [0.25, 0.3) is 0 Å². The number of ether oxygens (including phenoxy) is 1. The Labute approximate surface area is 106 Å². The maximum Gasteiger partial charge on any atom is 0.224 e. The van der Waals surface area contributed by atoms with Crippen LogP contribution in [0.3, 0.4) is 0 Å². The van der Waals surface area contributed by atoms with Gasteiger partial charge in [-0.05, 0) is 17.7 Å². The summed E-state index contributed by atoms with van der Waals surface area (Å²) in [4.78, 5) is 13.5. The van der Waals surface area contributed by atoms with Crippen LogP contribution in [-0.4, -0.2) is 38.1 Å². The second kappa shape index (κ2) is 5.35. The van der Waals surface area contributed by atoms with E-state index in [4.69, 9.17) is 4.74 Å². The van der Waals surface area contributed by atoms with Crippen LogP contribution in [-0.2, 0) is 4.79 Å². The number of amides is 1. The van der Waals surface area contributed by atoms with Gasteiger partial charge in [0.1, 0.15) is 0 Å². The summed E-state index contributed by atoms with van der Waals surface area (Å²) in [5.41, 5.74) is 0.775. The molecule has 4 nitrogen and oxygen atoms in total. The van der Waals surface area contributed by atoms with Crippen LogP contribution in [0.25, 0.3) is 0 Å². The largest absolute Gasteiger partial charge is 0.494 e. The zero-order valence-corrected chi connectivity index (χ0v) is 10.6. The summed E-state index contributed by atoms with van der Waals surface area (Å²) in [7, 11) is 3.21. The van der Waals surface area contributed by atoms with Crippen molar-refractivity contribution in [3.8, 4) is 5.75 Å². The van der Waals surface area contributed by atoms with Crippen LogP contribution in [0.1, 0.15) is 18.0 Å². The van der Waals surface area contributed by atoms with Gasteiger partial charge in [-0.15, -0.1) is 0 Å². The summed E-state index contributed by atoms with van der Waals surface area (Å²) < 4.78 is 18.5. The molecule has 1 saturated heterocycles. The second-order valence-electron chi connectivity index (χ2n) is 4.42. The van der Waals surface area contributed by atoms with Crippen LogP contribution in [0.15, 0.2) is 18.2 Å².